The summed E-state index contributed by atoms with van der Waals surface area (Å²) in [5.74, 6) is 0. The second-order valence-corrected chi connectivity index (χ2v) is 11.1. The highest BCUT2D eigenvalue weighted by Crippen LogP contribution is 2.48. The molecule has 0 atom stereocenters. The normalized spacial score (nSPS) is 11.6. The largest absolute Gasteiger partial charge is 0.0836 e. The molecule has 4 rings (SSSR count). The lowest BCUT2D eigenvalue weighted by Gasteiger charge is -2.27. The Kier molecular flexibility index (Phi) is 4.90. The number of hydrogen-bond donors (Lipinski definition) is 0. The fraction of sp³-hybridized carbons (Fsp3) is 0. The van der Waals surface area contributed by atoms with Crippen LogP contribution in [0.5, 0.6) is 0 Å². The SMILES string of the molecule is S=P(c1ccccc1Cl)(c1ccccc1Cl)c1cccc2ccccc12. The minimum Gasteiger partial charge on any atom is -0.0836 e. The molecule has 0 amide bonds. The van der Waals surface area contributed by atoms with E-state index >= 15 is 0 Å². The first-order valence-electron chi connectivity index (χ1n) is 8.21. The average Bonchev–Trinajstić information content (AvgIpc) is 2.68. The van der Waals surface area contributed by atoms with Gasteiger partial charge in [0.05, 0.1) is 0 Å². The number of benzene rings is 4. The molecule has 128 valence electrons. The molecule has 0 aromatic heterocycles. The Bertz CT molecular complexity index is 1100. The molecule has 4 aromatic carbocycles. The third-order valence-electron chi connectivity index (χ3n) is 4.49. The van der Waals surface area contributed by atoms with Crippen molar-refractivity contribution in [1.29, 1.82) is 0 Å². The van der Waals surface area contributed by atoms with Gasteiger partial charge in [0.1, 0.15) is 0 Å². The fourth-order valence-electron chi connectivity index (χ4n) is 3.29. The van der Waals surface area contributed by atoms with Gasteiger partial charge < -0.3 is 0 Å². The van der Waals surface area contributed by atoms with Crippen molar-refractivity contribution in [2.75, 3.05) is 0 Å². The van der Waals surface area contributed by atoms with Gasteiger partial charge in [0.25, 0.3) is 0 Å². The number of halogens is 2. The highest BCUT2D eigenvalue weighted by atomic mass is 35.5. The van der Waals surface area contributed by atoms with Crippen LogP contribution in [0.2, 0.25) is 10.0 Å². The molecule has 0 aliphatic heterocycles. The molecule has 0 nitrogen and oxygen atoms in total. The van der Waals surface area contributed by atoms with Crippen molar-refractivity contribution in [2.45, 2.75) is 0 Å². The lowest BCUT2D eigenvalue weighted by atomic mass is 10.1. The summed E-state index contributed by atoms with van der Waals surface area (Å²) in [4.78, 5) is 0. The molecular weight excluding hydrogens is 398 g/mol. The first-order valence-corrected chi connectivity index (χ1v) is 11.8. The van der Waals surface area contributed by atoms with Gasteiger partial charge in [-0.2, -0.15) is 0 Å². The zero-order chi connectivity index (χ0) is 18.1. The molecule has 0 radical (unpaired) electrons. The molecule has 26 heavy (non-hydrogen) atoms. The molecule has 0 saturated carbocycles. The van der Waals surface area contributed by atoms with E-state index in [1.807, 2.05) is 60.7 Å². The topological polar surface area (TPSA) is 0 Å². The van der Waals surface area contributed by atoms with E-state index in [1.54, 1.807) is 0 Å². The lowest BCUT2D eigenvalue weighted by molar-refractivity contribution is 1.74. The predicted octanol–water partition coefficient (Wildman–Crippen LogP) is 5.90. The van der Waals surface area contributed by atoms with Gasteiger partial charge in [-0.15, -0.1) is 0 Å². The van der Waals surface area contributed by atoms with Crippen LogP contribution in [-0.4, -0.2) is 0 Å². The van der Waals surface area contributed by atoms with Crippen LogP contribution < -0.4 is 15.9 Å². The first kappa shape index (κ1) is 17.8. The maximum absolute atomic E-state index is 6.63. The van der Waals surface area contributed by atoms with Crippen molar-refractivity contribution in [3.8, 4) is 0 Å². The van der Waals surface area contributed by atoms with E-state index in [0.717, 1.165) is 21.3 Å². The third-order valence-corrected chi connectivity index (χ3v) is 10.4. The van der Waals surface area contributed by atoms with Gasteiger partial charge in [-0.05, 0) is 22.9 Å². The zero-order valence-corrected chi connectivity index (χ0v) is 17.0. The maximum Gasteiger partial charge on any atom is 0.0496 e. The Labute approximate surface area is 168 Å². The van der Waals surface area contributed by atoms with Gasteiger partial charge in [-0.25, -0.2) is 0 Å². The maximum atomic E-state index is 6.63. The average molecular weight is 413 g/mol. The van der Waals surface area contributed by atoms with Gasteiger partial charge in [-0.1, -0.05) is 114 Å². The summed E-state index contributed by atoms with van der Waals surface area (Å²) in [5, 5.41) is 6.75. The monoisotopic (exact) mass is 412 g/mol. The minimum absolute atomic E-state index is 0.684. The molecule has 0 bridgehead atoms. The van der Waals surface area contributed by atoms with Crippen molar-refractivity contribution in [2.24, 2.45) is 0 Å². The van der Waals surface area contributed by atoms with Gasteiger partial charge in [0, 0.05) is 32.0 Å². The standard InChI is InChI=1S/C22H15Cl2PS/c23-18-11-3-5-13-21(18)25(26,22-14-6-4-12-19(22)24)20-15-7-9-16-8-1-2-10-17(16)20/h1-15H. The van der Waals surface area contributed by atoms with Crippen LogP contribution in [0.25, 0.3) is 10.8 Å². The van der Waals surface area contributed by atoms with Gasteiger partial charge in [-0.3, -0.25) is 0 Å². The van der Waals surface area contributed by atoms with Crippen molar-refractivity contribution in [1.82, 2.24) is 0 Å². The summed E-state index contributed by atoms with van der Waals surface area (Å²) >= 11 is 19.7. The van der Waals surface area contributed by atoms with E-state index < -0.39 is 6.04 Å². The number of fused-ring (bicyclic) bond motifs is 1. The molecule has 0 aliphatic carbocycles. The van der Waals surface area contributed by atoms with Crippen molar-refractivity contribution in [3.05, 3.63) is 101 Å². The van der Waals surface area contributed by atoms with Crippen molar-refractivity contribution < 1.29 is 0 Å². The molecule has 0 unspecified atom stereocenters. The Morgan fingerprint density at radius 1 is 0.538 bits per heavy atom. The molecular formula is C22H15Cl2PS. The van der Waals surface area contributed by atoms with Crippen molar-refractivity contribution >= 4 is 67.7 Å². The van der Waals surface area contributed by atoms with Gasteiger partial charge in [0.2, 0.25) is 0 Å². The summed E-state index contributed by atoms with van der Waals surface area (Å²) < 4.78 is 0. The Morgan fingerprint density at radius 3 is 1.62 bits per heavy atom. The molecule has 0 spiro atoms. The lowest BCUT2D eigenvalue weighted by Crippen LogP contribution is -2.26. The van der Waals surface area contributed by atoms with E-state index in [0.29, 0.717) is 10.0 Å². The second-order valence-electron chi connectivity index (χ2n) is 6.01. The van der Waals surface area contributed by atoms with Gasteiger partial charge >= 0.3 is 0 Å². The quantitative estimate of drug-likeness (QED) is 0.377. The van der Waals surface area contributed by atoms with Crippen LogP contribution in [0.15, 0.2) is 91.0 Å². The van der Waals surface area contributed by atoms with E-state index in [1.165, 1.54) is 5.39 Å². The Hall–Kier alpha value is -1.63. The molecule has 0 heterocycles. The van der Waals surface area contributed by atoms with E-state index in [-0.39, 0.29) is 0 Å². The van der Waals surface area contributed by atoms with Gasteiger partial charge in [0.15, 0.2) is 0 Å². The summed E-state index contributed by atoms with van der Waals surface area (Å²) in [5.41, 5.74) is 0. The molecule has 4 heteroatoms. The van der Waals surface area contributed by atoms with E-state index in [2.05, 4.69) is 30.3 Å². The molecule has 4 aromatic rings. The second kappa shape index (κ2) is 7.18. The van der Waals surface area contributed by atoms with Crippen LogP contribution >= 0.6 is 29.2 Å². The van der Waals surface area contributed by atoms with Crippen LogP contribution in [0, 0.1) is 0 Å². The number of rotatable bonds is 3. The van der Waals surface area contributed by atoms with Crippen LogP contribution in [0.1, 0.15) is 0 Å². The highest BCUT2D eigenvalue weighted by Gasteiger charge is 2.30. The summed E-state index contributed by atoms with van der Waals surface area (Å²) in [7, 11) is 0. The minimum atomic E-state index is -2.43. The van der Waals surface area contributed by atoms with E-state index in [9.17, 15) is 0 Å². The fourth-order valence-corrected chi connectivity index (χ4v) is 9.01. The Balaban J connectivity index is 2.15. The number of hydrogen-bond acceptors (Lipinski definition) is 1. The third kappa shape index (κ3) is 2.90. The summed E-state index contributed by atoms with van der Waals surface area (Å²) in [6.07, 6.45) is 0. The summed E-state index contributed by atoms with van der Waals surface area (Å²) in [6, 6.07) is 27.9. The Morgan fingerprint density at radius 2 is 1.00 bits per heavy atom. The molecule has 0 aliphatic rings. The highest BCUT2D eigenvalue weighted by molar-refractivity contribution is 8.25. The van der Waals surface area contributed by atoms with Crippen LogP contribution in [0.4, 0.5) is 0 Å². The summed E-state index contributed by atoms with van der Waals surface area (Å²) in [6.45, 7) is 0. The molecule has 0 N–H and O–H groups in total. The van der Waals surface area contributed by atoms with E-state index in [4.69, 9.17) is 35.0 Å². The molecule has 0 fully saturated rings. The molecule has 0 saturated heterocycles. The predicted molar refractivity (Wildman–Crippen MR) is 120 cm³/mol. The zero-order valence-electron chi connectivity index (χ0n) is 13.8. The first-order chi connectivity index (χ1) is 12.6. The van der Waals surface area contributed by atoms with Crippen molar-refractivity contribution in [3.63, 3.8) is 0 Å². The van der Waals surface area contributed by atoms with Crippen LogP contribution in [-0.2, 0) is 11.8 Å². The smallest absolute Gasteiger partial charge is 0.0496 e. The van der Waals surface area contributed by atoms with Crippen LogP contribution in [0.3, 0.4) is 0 Å².